The Kier molecular flexibility index (Phi) is 5.90. The fourth-order valence-electron chi connectivity index (χ4n) is 6.72. The largest absolute Gasteiger partial charge is 0.511 e. The van der Waals surface area contributed by atoms with E-state index < -0.39 is 6.16 Å². The molecule has 1 saturated heterocycles. The first-order valence-corrected chi connectivity index (χ1v) is 12.0. The molecule has 164 valence electrons. The van der Waals surface area contributed by atoms with Gasteiger partial charge in [0.25, 0.3) is 0 Å². The van der Waals surface area contributed by atoms with Crippen LogP contribution in [0.2, 0.25) is 0 Å². The Morgan fingerprint density at radius 3 is 2.80 bits per heavy atom. The van der Waals surface area contributed by atoms with Crippen LogP contribution in [0, 0.1) is 11.8 Å². The molecule has 5 heteroatoms. The molecule has 0 unspecified atom stereocenters. The molecular formula is C25H35NO4. The van der Waals surface area contributed by atoms with Gasteiger partial charge in [0.1, 0.15) is 5.75 Å². The Morgan fingerprint density at radius 1 is 1.03 bits per heavy atom. The zero-order valence-corrected chi connectivity index (χ0v) is 18.0. The molecule has 1 N–H and O–H groups in total. The molecule has 5 rings (SSSR count). The minimum absolute atomic E-state index is 0.0943. The van der Waals surface area contributed by atoms with Gasteiger partial charge in [-0.25, -0.2) is 4.79 Å². The number of benzene rings is 1. The van der Waals surface area contributed by atoms with Crippen LogP contribution >= 0.6 is 0 Å². The van der Waals surface area contributed by atoms with Crippen molar-refractivity contribution in [1.82, 2.24) is 5.32 Å². The van der Waals surface area contributed by atoms with Gasteiger partial charge in [0.15, 0.2) is 0 Å². The molecule has 3 atom stereocenters. The molecule has 3 aliphatic carbocycles. The average Bonchev–Trinajstić information content (AvgIpc) is 2.79. The van der Waals surface area contributed by atoms with Crippen molar-refractivity contribution >= 4 is 6.16 Å². The van der Waals surface area contributed by atoms with Gasteiger partial charge in [0.05, 0.1) is 6.61 Å². The maximum Gasteiger partial charge on any atom is 0.511 e. The Bertz CT molecular complexity index is 756. The number of ether oxygens (including phenoxy) is 3. The van der Waals surface area contributed by atoms with E-state index in [1.54, 1.807) is 0 Å². The third kappa shape index (κ3) is 3.93. The van der Waals surface area contributed by atoms with Crippen LogP contribution in [0.25, 0.3) is 0 Å². The van der Waals surface area contributed by atoms with E-state index in [9.17, 15) is 4.79 Å². The number of hydrogen-bond donors (Lipinski definition) is 1. The molecule has 2 saturated carbocycles. The average molecular weight is 414 g/mol. The van der Waals surface area contributed by atoms with Gasteiger partial charge in [-0.1, -0.05) is 38.2 Å². The lowest BCUT2D eigenvalue weighted by molar-refractivity contribution is -0.00387. The number of rotatable bonds is 5. The van der Waals surface area contributed by atoms with Crippen LogP contribution in [0.5, 0.6) is 5.75 Å². The number of piperidine rings is 1. The second-order valence-corrected chi connectivity index (χ2v) is 9.81. The van der Waals surface area contributed by atoms with Gasteiger partial charge in [0, 0.05) is 11.5 Å². The third-order valence-electron chi connectivity index (χ3n) is 8.18. The van der Waals surface area contributed by atoms with Crippen LogP contribution in [-0.2, 0) is 21.3 Å². The summed E-state index contributed by atoms with van der Waals surface area (Å²) in [7, 11) is 0. The number of carbonyl (C=O) groups excluding carboxylic acids is 1. The van der Waals surface area contributed by atoms with E-state index in [0.717, 1.165) is 37.5 Å². The van der Waals surface area contributed by atoms with Gasteiger partial charge >= 0.3 is 6.16 Å². The molecule has 4 aliphatic rings. The van der Waals surface area contributed by atoms with E-state index in [1.807, 2.05) is 6.07 Å². The SMILES string of the molecule is O=C(OCOc1ccc2c(c1)[C@]13CCCC[C@@H]1[C@H](C2)NCC3)OCC1CCCCC1. The minimum atomic E-state index is -0.620. The molecular weight excluding hydrogens is 378 g/mol. The first-order valence-electron chi connectivity index (χ1n) is 12.0. The molecule has 30 heavy (non-hydrogen) atoms. The lowest BCUT2D eigenvalue weighted by Gasteiger charge is -2.56. The van der Waals surface area contributed by atoms with Gasteiger partial charge < -0.3 is 19.5 Å². The van der Waals surface area contributed by atoms with Gasteiger partial charge in [-0.05, 0) is 80.2 Å². The lowest BCUT2D eigenvalue weighted by atomic mass is 9.53. The van der Waals surface area contributed by atoms with Gasteiger partial charge in [-0.15, -0.1) is 0 Å². The summed E-state index contributed by atoms with van der Waals surface area (Å²) in [5, 5.41) is 3.78. The highest BCUT2D eigenvalue weighted by atomic mass is 16.8. The number of carbonyl (C=O) groups is 1. The van der Waals surface area contributed by atoms with Gasteiger partial charge in [0.2, 0.25) is 6.79 Å². The van der Waals surface area contributed by atoms with Crippen LogP contribution in [-0.4, -0.2) is 32.1 Å². The van der Waals surface area contributed by atoms with Crippen LogP contribution in [0.15, 0.2) is 18.2 Å². The molecule has 0 spiro atoms. The second kappa shape index (κ2) is 8.78. The second-order valence-electron chi connectivity index (χ2n) is 9.81. The molecule has 2 bridgehead atoms. The summed E-state index contributed by atoms with van der Waals surface area (Å²) in [6.45, 7) is 1.49. The molecule has 0 aromatic heterocycles. The zero-order valence-electron chi connectivity index (χ0n) is 18.0. The summed E-state index contributed by atoms with van der Waals surface area (Å²) < 4.78 is 16.3. The first kappa shape index (κ1) is 20.2. The standard InChI is InChI=1S/C25H35NO4/c27-24(28-16-18-6-2-1-3-7-18)30-17-29-20-10-9-19-14-23-21-8-4-5-11-25(21,12-13-26-23)22(19)15-20/h9-10,15,18,21,23,26H,1-8,11-14,16-17H2/t21-,23+,25+/m1/s1. The smallest absolute Gasteiger partial charge is 0.457 e. The Morgan fingerprint density at radius 2 is 1.90 bits per heavy atom. The predicted octanol–water partition coefficient (Wildman–Crippen LogP) is 5.10. The Labute approximate surface area is 179 Å². The number of nitrogens with one attached hydrogen (secondary N) is 1. The lowest BCUT2D eigenvalue weighted by Crippen LogP contribution is -2.59. The van der Waals surface area contributed by atoms with Crippen LogP contribution in [0.3, 0.4) is 0 Å². The summed E-state index contributed by atoms with van der Waals surface area (Å²) in [6, 6.07) is 7.09. The van der Waals surface area contributed by atoms with E-state index in [4.69, 9.17) is 14.2 Å². The Hall–Kier alpha value is -1.75. The zero-order chi connectivity index (χ0) is 20.4. The van der Waals surface area contributed by atoms with Crippen LogP contribution in [0.1, 0.15) is 75.3 Å². The normalized spacial score (nSPS) is 30.7. The van der Waals surface area contributed by atoms with Gasteiger partial charge in [-0.2, -0.15) is 0 Å². The Balaban J connectivity index is 1.18. The molecule has 5 nitrogen and oxygen atoms in total. The monoisotopic (exact) mass is 413 g/mol. The van der Waals surface area contributed by atoms with E-state index in [1.165, 1.54) is 62.5 Å². The van der Waals surface area contributed by atoms with Crippen molar-refractivity contribution in [1.29, 1.82) is 0 Å². The summed E-state index contributed by atoms with van der Waals surface area (Å²) in [5.41, 5.74) is 3.26. The van der Waals surface area contributed by atoms with Crippen molar-refractivity contribution in [2.45, 2.75) is 82.1 Å². The molecule has 1 aromatic rings. The molecule has 0 radical (unpaired) electrons. The van der Waals surface area contributed by atoms with Crippen LogP contribution in [0.4, 0.5) is 4.79 Å². The highest BCUT2D eigenvalue weighted by Gasteiger charge is 2.51. The highest BCUT2D eigenvalue weighted by Crippen LogP contribution is 2.54. The fourth-order valence-corrected chi connectivity index (χ4v) is 6.72. The summed E-state index contributed by atoms with van der Waals surface area (Å²) in [4.78, 5) is 11.9. The summed E-state index contributed by atoms with van der Waals surface area (Å²) in [5.74, 6) is 2.03. The molecule has 1 aromatic carbocycles. The van der Waals surface area contributed by atoms with E-state index >= 15 is 0 Å². The highest BCUT2D eigenvalue weighted by molar-refractivity contribution is 5.59. The summed E-state index contributed by atoms with van der Waals surface area (Å²) >= 11 is 0. The van der Waals surface area contributed by atoms with Crippen molar-refractivity contribution < 1.29 is 19.0 Å². The van der Waals surface area contributed by atoms with Crippen molar-refractivity contribution in [3.8, 4) is 5.75 Å². The molecule has 1 heterocycles. The summed E-state index contributed by atoms with van der Waals surface area (Å²) in [6.07, 6.45) is 13.1. The maximum atomic E-state index is 11.9. The maximum absolute atomic E-state index is 11.9. The molecule has 0 amide bonds. The predicted molar refractivity (Wildman–Crippen MR) is 115 cm³/mol. The van der Waals surface area contributed by atoms with E-state index in [2.05, 4.69) is 17.4 Å². The van der Waals surface area contributed by atoms with Crippen molar-refractivity contribution in [2.75, 3.05) is 19.9 Å². The van der Waals surface area contributed by atoms with E-state index in [-0.39, 0.29) is 6.79 Å². The van der Waals surface area contributed by atoms with Crippen molar-refractivity contribution in [3.05, 3.63) is 29.3 Å². The van der Waals surface area contributed by atoms with Gasteiger partial charge in [-0.3, -0.25) is 0 Å². The van der Waals surface area contributed by atoms with Crippen molar-refractivity contribution in [3.63, 3.8) is 0 Å². The topological polar surface area (TPSA) is 56.8 Å². The van der Waals surface area contributed by atoms with E-state index in [0.29, 0.717) is 24.0 Å². The quantitative estimate of drug-likeness (QED) is 0.537. The minimum Gasteiger partial charge on any atom is -0.457 e. The molecule has 1 aliphatic heterocycles. The number of hydrogen-bond acceptors (Lipinski definition) is 5. The fraction of sp³-hybridized carbons (Fsp3) is 0.720. The number of fused-ring (bicyclic) bond motifs is 1. The third-order valence-corrected chi connectivity index (χ3v) is 8.18. The van der Waals surface area contributed by atoms with Crippen molar-refractivity contribution in [2.24, 2.45) is 11.8 Å². The van der Waals surface area contributed by atoms with Crippen LogP contribution < -0.4 is 10.1 Å². The molecule has 3 fully saturated rings. The first-order chi connectivity index (χ1) is 14.7.